The molecular weight excluding hydrogens is 280 g/mol. The third-order valence-corrected chi connectivity index (χ3v) is 4.86. The molecule has 1 aromatic rings. The van der Waals surface area contributed by atoms with E-state index in [4.69, 9.17) is 0 Å². The van der Waals surface area contributed by atoms with Crippen LogP contribution in [0.1, 0.15) is 37.7 Å². The highest BCUT2D eigenvalue weighted by atomic mass is 32.2. The van der Waals surface area contributed by atoms with E-state index in [1.807, 2.05) is 0 Å². The Morgan fingerprint density at radius 1 is 1.15 bits per heavy atom. The third kappa shape index (κ3) is 4.28. The van der Waals surface area contributed by atoms with E-state index < -0.39 is 14.9 Å². The van der Waals surface area contributed by atoms with Crippen molar-refractivity contribution in [3.63, 3.8) is 0 Å². The van der Waals surface area contributed by atoms with Crippen LogP contribution in [0.3, 0.4) is 0 Å². The molecule has 6 nitrogen and oxygen atoms in total. The molecule has 20 heavy (non-hydrogen) atoms. The molecule has 1 aliphatic carbocycles. The quantitative estimate of drug-likeness (QED) is 0.667. The zero-order chi connectivity index (χ0) is 14.6. The second-order valence-corrected chi connectivity index (χ2v) is 6.89. The molecule has 1 aromatic carbocycles. The minimum absolute atomic E-state index is 0.0341. The van der Waals surface area contributed by atoms with E-state index >= 15 is 0 Å². The number of benzene rings is 1. The maximum Gasteiger partial charge on any atom is 0.269 e. The number of nitrogens with one attached hydrogen (secondary N) is 1. The summed E-state index contributed by atoms with van der Waals surface area (Å²) in [6.07, 6.45) is 5.06. The molecule has 7 heteroatoms. The van der Waals surface area contributed by atoms with Crippen molar-refractivity contribution in [1.29, 1.82) is 0 Å². The van der Waals surface area contributed by atoms with E-state index in [0.29, 0.717) is 5.56 Å². The molecule has 0 bridgehead atoms. The number of hydrogen-bond donors (Lipinski definition) is 1. The molecule has 0 atom stereocenters. The lowest BCUT2D eigenvalue weighted by Crippen LogP contribution is -2.36. The van der Waals surface area contributed by atoms with Gasteiger partial charge in [-0.25, -0.2) is 13.1 Å². The van der Waals surface area contributed by atoms with Crippen LogP contribution in [0.15, 0.2) is 24.3 Å². The van der Waals surface area contributed by atoms with Gasteiger partial charge in [0.2, 0.25) is 10.0 Å². The Balaban J connectivity index is 1.98. The minimum Gasteiger partial charge on any atom is -0.258 e. The van der Waals surface area contributed by atoms with Crippen LogP contribution in [0, 0.1) is 10.1 Å². The van der Waals surface area contributed by atoms with Crippen molar-refractivity contribution in [2.75, 3.05) is 0 Å². The average Bonchev–Trinajstić information content (AvgIpc) is 2.39. The van der Waals surface area contributed by atoms with Crippen molar-refractivity contribution < 1.29 is 13.3 Å². The summed E-state index contributed by atoms with van der Waals surface area (Å²) in [5.41, 5.74) is 0.519. The van der Waals surface area contributed by atoms with Crippen LogP contribution >= 0.6 is 0 Å². The van der Waals surface area contributed by atoms with Crippen LogP contribution in [0.5, 0.6) is 0 Å². The highest BCUT2D eigenvalue weighted by Crippen LogP contribution is 2.19. The SMILES string of the molecule is O=[N+]([O-])c1ccc(CS(=O)(=O)NC2CCCCC2)cc1. The topological polar surface area (TPSA) is 89.3 Å². The molecule has 0 aliphatic heterocycles. The van der Waals surface area contributed by atoms with E-state index in [2.05, 4.69) is 4.72 Å². The average molecular weight is 298 g/mol. The van der Waals surface area contributed by atoms with E-state index in [0.717, 1.165) is 25.7 Å². The fourth-order valence-corrected chi connectivity index (χ4v) is 3.91. The van der Waals surface area contributed by atoms with Gasteiger partial charge in [-0.3, -0.25) is 10.1 Å². The molecular formula is C13H18N2O4S. The van der Waals surface area contributed by atoms with E-state index in [-0.39, 0.29) is 17.5 Å². The van der Waals surface area contributed by atoms with Crippen LogP contribution < -0.4 is 4.72 Å². The summed E-state index contributed by atoms with van der Waals surface area (Å²) in [7, 11) is -3.39. The molecule has 1 N–H and O–H groups in total. The molecule has 110 valence electrons. The fraction of sp³-hybridized carbons (Fsp3) is 0.538. The first-order chi connectivity index (χ1) is 9.46. The summed E-state index contributed by atoms with van der Waals surface area (Å²) < 4.78 is 26.8. The minimum atomic E-state index is -3.39. The van der Waals surface area contributed by atoms with Gasteiger partial charge in [-0.15, -0.1) is 0 Å². The summed E-state index contributed by atoms with van der Waals surface area (Å²) in [5, 5.41) is 10.5. The monoisotopic (exact) mass is 298 g/mol. The Bertz CT molecular complexity index is 563. The smallest absolute Gasteiger partial charge is 0.258 e. The van der Waals surface area contributed by atoms with Crippen LogP contribution in [0.4, 0.5) is 5.69 Å². The number of nitro benzene ring substituents is 1. The van der Waals surface area contributed by atoms with Crippen LogP contribution in [-0.4, -0.2) is 19.4 Å². The Hall–Kier alpha value is -1.47. The maximum absolute atomic E-state index is 12.0. The van der Waals surface area contributed by atoms with Gasteiger partial charge < -0.3 is 0 Å². The third-order valence-electron chi connectivity index (χ3n) is 3.46. The number of non-ortho nitro benzene ring substituents is 1. The molecule has 0 unspecified atom stereocenters. The Labute approximate surface area is 118 Å². The van der Waals surface area contributed by atoms with Gasteiger partial charge in [0.15, 0.2) is 0 Å². The van der Waals surface area contributed by atoms with Gasteiger partial charge in [0.25, 0.3) is 5.69 Å². The second kappa shape index (κ2) is 6.32. The van der Waals surface area contributed by atoms with Crippen molar-refractivity contribution in [2.24, 2.45) is 0 Å². The number of hydrogen-bond acceptors (Lipinski definition) is 4. The van der Waals surface area contributed by atoms with Gasteiger partial charge >= 0.3 is 0 Å². The first-order valence-corrected chi connectivity index (χ1v) is 8.35. The van der Waals surface area contributed by atoms with E-state index in [1.165, 1.54) is 30.7 Å². The Morgan fingerprint density at radius 3 is 2.30 bits per heavy atom. The standard InChI is InChI=1S/C13H18N2O4S/c16-15(17)13-8-6-11(7-9-13)10-20(18,19)14-12-4-2-1-3-5-12/h6-9,12,14H,1-5,10H2. The van der Waals surface area contributed by atoms with Gasteiger partial charge in [0.1, 0.15) is 0 Å². The van der Waals surface area contributed by atoms with E-state index in [1.54, 1.807) is 0 Å². The maximum atomic E-state index is 12.0. The highest BCUT2D eigenvalue weighted by molar-refractivity contribution is 7.88. The summed E-state index contributed by atoms with van der Waals surface area (Å²) in [6.45, 7) is 0. The normalized spacial score (nSPS) is 17.0. The van der Waals surface area contributed by atoms with Gasteiger partial charge in [-0.1, -0.05) is 31.4 Å². The summed E-state index contributed by atoms with van der Waals surface area (Å²) in [5.74, 6) is -0.137. The summed E-state index contributed by atoms with van der Waals surface area (Å²) in [4.78, 5) is 10.0. The van der Waals surface area contributed by atoms with Crippen molar-refractivity contribution in [2.45, 2.75) is 43.9 Å². The Morgan fingerprint density at radius 2 is 1.75 bits per heavy atom. The molecule has 0 saturated heterocycles. The van der Waals surface area contributed by atoms with Gasteiger partial charge in [0, 0.05) is 18.2 Å². The zero-order valence-corrected chi connectivity index (χ0v) is 11.9. The summed E-state index contributed by atoms with van der Waals surface area (Å²) in [6, 6.07) is 5.65. The molecule has 1 aliphatic rings. The molecule has 0 heterocycles. The number of rotatable bonds is 5. The second-order valence-electron chi connectivity index (χ2n) is 5.14. The van der Waals surface area contributed by atoms with Crippen LogP contribution in [-0.2, 0) is 15.8 Å². The Kier molecular flexibility index (Phi) is 4.72. The molecule has 0 aromatic heterocycles. The molecule has 0 radical (unpaired) electrons. The number of sulfonamides is 1. The lowest BCUT2D eigenvalue weighted by Gasteiger charge is -2.22. The lowest BCUT2D eigenvalue weighted by atomic mass is 9.96. The first-order valence-electron chi connectivity index (χ1n) is 6.69. The summed E-state index contributed by atoms with van der Waals surface area (Å²) >= 11 is 0. The molecule has 0 amide bonds. The van der Waals surface area contributed by atoms with Crippen molar-refractivity contribution >= 4 is 15.7 Å². The van der Waals surface area contributed by atoms with Gasteiger partial charge in [0.05, 0.1) is 10.7 Å². The highest BCUT2D eigenvalue weighted by Gasteiger charge is 2.20. The van der Waals surface area contributed by atoms with Crippen molar-refractivity contribution in [3.05, 3.63) is 39.9 Å². The van der Waals surface area contributed by atoms with Crippen LogP contribution in [0.25, 0.3) is 0 Å². The molecule has 0 spiro atoms. The van der Waals surface area contributed by atoms with Crippen molar-refractivity contribution in [3.8, 4) is 0 Å². The first kappa shape index (κ1) is 14.9. The predicted molar refractivity (Wildman–Crippen MR) is 75.7 cm³/mol. The molecule has 1 fully saturated rings. The predicted octanol–water partition coefficient (Wildman–Crippen LogP) is 2.35. The largest absolute Gasteiger partial charge is 0.269 e. The molecule has 2 rings (SSSR count). The van der Waals surface area contributed by atoms with Crippen molar-refractivity contribution in [1.82, 2.24) is 4.72 Å². The van der Waals surface area contributed by atoms with Crippen LogP contribution in [0.2, 0.25) is 0 Å². The number of nitro groups is 1. The zero-order valence-electron chi connectivity index (χ0n) is 11.1. The fourth-order valence-electron chi connectivity index (χ4n) is 2.45. The lowest BCUT2D eigenvalue weighted by molar-refractivity contribution is -0.384. The molecule has 1 saturated carbocycles. The number of nitrogens with zero attached hydrogens (tertiary/aromatic N) is 1. The van der Waals surface area contributed by atoms with Gasteiger partial charge in [-0.2, -0.15) is 0 Å². The van der Waals surface area contributed by atoms with Gasteiger partial charge in [-0.05, 0) is 18.4 Å². The van der Waals surface area contributed by atoms with E-state index in [9.17, 15) is 18.5 Å².